The molecule has 1 fully saturated rings. The third-order valence-corrected chi connectivity index (χ3v) is 5.40. The summed E-state index contributed by atoms with van der Waals surface area (Å²) in [5, 5.41) is 11.5. The maximum atomic E-state index is 11.6. The highest BCUT2D eigenvalue weighted by Crippen LogP contribution is 2.20. The van der Waals surface area contributed by atoms with E-state index < -0.39 is 11.7 Å². The van der Waals surface area contributed by atoms with Gasteiger partial charge in [0.1, 0.15) is 5.60 Å². The number of ether oxygens (including phenoxy) is 1. The molecule has 0 aliphatic carbocycles. The summed E-state index contributed by atoms with van der Waals surface area (Å²) in [7, 11) is 1.76. The summed E-state index contributed by atoms with van der Waals surface area (Å²) in [6.07, 6.45) is 2.01. The number of thiophene rings is 1. The first kappa shape index (κ1) is 22.5. The predicted octanol–water partition coefficient (Wildman–Crippen LogP) is 2.65. The number of nitrogens with zero attached hydrogens (tertiary/aromatic N) is 2. The minimum Gasteiger partial charge on any atom is -0.444 e. The Morgan fingerprint density at radius 2 is 1.96 bits per heavy atom. The van der Waals surface area contributed by atoms with Crippen LogP contribution in [0.25, 0.3) is 0 Å². The first-order chi connectivity index (χ1) is 13.4. The van der Waals surface area contributed by atoms with Gasteiger partial charge in [-0.2, -0.15) is 0 Å². The molecule has 158 valence electrons. The van der Waals surface area contributed by atoms with Crippen molar-refractivity contribution in [2.75, 3.05) is 39.8 Å². The van der Waals surface area contributed by atoms with Gasteiger partial charge in [-0.1, -0.05) is 6.07 Å². The Hall–Kier alpha value is -1.80. The average Bonchev–Trinajstić information content (AvgIpc) is 3.14. The Balaban J connectivity index is 1.56. The van der Waals surface area contributed by atoms with E-state index in [1.807, 2.05) is 32.1 Å². The van der Waals surface area contributed by atoms with Crippen LogP contribution in [-0.2, 0) is 11.3 Å². The van der Waals surface area contributed by atoms with Crippen molar-refractivity contribution < 1.29 is 9.53 Å². The third kappa shape index (κ3) is 8.93. The fraction of sp³-hybridized carbons (Fsp3) is 0.700. The number of hydrogen-bond acceptors (Lipinski definition) is 5. The number of likely N-dealkylation sites (tertiary alicyclic amines) is 1. The van der Waals surface area contributed by atoms with Crippen molar-refractivity contribution in [3.8, 4) is 0 Å². The van der Waals surface area contributed by atoms with Crippen LogP contribution in [-0.4, -0.2) is 62.3 Å². The van der Waals surface area contributed by atoms with Crippen molar-refractivity contribution in [3.63, 3.8) is 0 Å². The lowest BCUT2D eigenvalue weighted by Crippen LogP contribution is -2.45. The van der Waals surface area contributed by atoms with Gasteiger partial charge in [0.2, 0.25) is 0 Å². The average molecular weight is 410 g/mol. The number of guanidine groups is 1. The van der Waals surface area contributed by atoms with Gasteiger partial charge in [0.25, 0.3) is 0 Å². The van der Waals surface area contributed by atoms with Crippen molar-refractivity contribution in [1.29, 1.82) is 0 Å². The zero-order valence-corrected chi connectivity index (χ0v) is 18.4. The Morgan fingerprint density at radius 1 is 1.25 bits per heavy atom. The van der Waals surface area contributed by atoms with Crippen LogP contribution in [0.5, 0.6) is 0 Å². The molecule has 3 N–H and O–H groups in total. The van der Waals surface area contributed by atoms with Gasteiger partial charge >= 0.3 is 6.09 Å². The second kappa shape index (κ2) is 11.3. The number of carbonyl (C=O) groups excluding carboxylic acids is 1. The highest BCUT2D eigenvalue weighted by atomic mass is 32.1. The second-order valence-electron chi connectivity index (χ2n) is 8.11. The molecule has 1 amide bonds. The summed E-state index contributed by atoms with van der Waals surface area (Å²) < 4.78 is 5.21. The third-order valence-electron chi connectivity index (χ3n) is 4.53. The molecule has 1 aromatic rings. The molecule has 28 heavy (non-hydrogen) atoms. The molecule has 0 aromatic carbocycles. The fourth-order valence-electron chi connectivity index (χ4n) is 3.09. The van der Waals surface area contributed by atoms with Crippen LogP contribution in [0.4, 0.5) is 4.79 Å². The van der Waals surface area contributed by atoms with Gasteiger partial charge in [-0.3, -0.25) is 9.89 Å². The van der Waals surface area contributed by atoms with E-state index in [-0.39, 0.29) is 0 Å². The summed E-state index contributed by atoms with van der Waals surface area (Å²) in [5.41, 5.74) is -0.478. The van der Waals surface area contributed by atoms with Gasteiger partial charge < -0.3 is 20.7 Å². The maximum absolute atomic E-state index is 11.6. The zero-order valence-electron chi connectivity index (χ0n) is 17.6. The van der Waals surface area contributed by atoms with Crippen LogP contribution < -0.4 is 16.0 Å². The molecule has 1 aliphatic heterocycles. The normalized spacial score (nSPS) is 16.6. The quantitative estimate of drug-likeness (QED) is 0.367. The lowest BCUT2D eigenvalue weighted by atomic mass is 9.97. The van der Waals surface area contributed by atoms with Gasteiger partial charge in [-0.05, 0) is 64.1 Å². The molecule has 0 bridgehead atoms. The molecule has 2 rings (SSSR count). The molecule has 1 aliphatic rings. The number of rotatable bonds is 7. The number of hydrogen-bond donors (Lipinski definition) is 3. The summed E-state index contributed by atoms with van der Waals surface area (Å²) >= 11 is 1.84. The molecule has 0 saturated carbocycles. The van der Waals surface area contributed by atoms with E-state index in [4.69, 9.17) is 4.74 Å². The van der Waals surface area contributed by atoms with Gasteiger partial charge in [0, 0.05) is 38.1 Å². The minimum atomic E-state index is -0.478. The monoisotopic (exact) mass is 409 g/mol. The largest absolute Gasteiger partial charge is 0.444 e. The Bertz CT molecular complexity index is 605. The number of piperidine rings is 1. The van der Waals surface area contributed by atoms with E-state index in [2.05, 4.69) is 43.4 Å². The Labute approximate surface area is 172 Å². The lowest BCUT2D eigenvalue weighted by molar-refractivity contribution is 0.0529. The zero-order chi connectivity index (χ0) is 20.4. The number of nitrogens with one attached hydrogen (secondary N) is 3. The smallest absolute Gasteiger partial charge is 0.407 e. The van der Waals surface area contributed by atoms with Gasteiger partial charge in [-0.15, -0.1) is 11.3 Å². The van der Waals surface area contributed by atoms with E-state index >= 15 is 0 Å². The Kier molecular flexibility index (Phi) is 9.05. The highest BCUT2D eigenvalue weighted by molar-refractivity contribution is 7.09. The van der Waals surface area contributed by atoms with Crippen molar-refractivity contribution in [3.05, 3.63) is 22.4 Å². The number of carbonyl (C=O) groups is 1. The van der Waals surface area contributed by atoms with Crippen LogP contribution in [0.15, 0.2) is 22.5 Å². The van der Waals surface area contributed by atoms with Crippen molar-refractivity contribution in [2.24, 2.45) is 10.9 Å². The highest BCUT2D eigenvalue weighted by Gasteiger charge is 2.20. The minimum absolute atomic E-state index is 0.397. The van der Waals surface area contributed by atoms with Crippen molar-refractivity contribution in [1.82, 2.24) is 20.9 Å². The maximum Gasteiger partial charge on any atom is 0.407 e. The van der Waals surface area contributed by atoms with Crippen molar-refractivity contribution in [2.45, 2.75) is 45.8 Å². The number of amides is 1. The molecule has 2 heterocycles. The van der Waals surface area contributed by atoms with Gasteiger partial charge in [-0.25, -0.2) is 4.79 Å². The molecule has 0 radical (unpaired) electrons. The summed E-state index contributed by atoms with van der Waals surface area (Å²) in [6, 6.07) is 4.34. The molecule has 7 nitrogen and oxygen atoms in total. The first-order valence-corrected chi connectivity index (χ1v) is 10.9. The molecule has 1 aromatic heterocycles. The van der Waals surface area contributed by atoms with E-state index in [0.717, 1.165) is 32.1 Å². The topological polar surface area (TPSA) is 78.0 Å². The summed E-state index contributed by atoms with van der Waals surface area (Å²) in [4.78, 5) is 19.9. The SMILES string of the molecule is CN=C(NCCNC(=O)OC(C)(C)C)NCC1CCN(Cc2cccs2)CC1. The van der Waals surface area contributed by atoms with Crippen LogP contribution in [0.1, 0.15) is 38.5 Å². The fourth-order valence-corrected chi connectivity index (χ4v) is 3.84. The molecule has 1 saturated heterocycles. The summed E-state index contributed by atoms with van der Waals surface area (Å²) in [5.74, 6) is 1.44. The van der Waals surface area contributed by atoms with Gasteiger partial charge in [0.15, 0.2) is 5.96 Å². The molecular weight excluding hydrogens is 374 g/mol. The van der Waals surface area contributed by atoms with Crippen LogP contribution in [0.3, 0.4) is 0 Å². The van der Waals surface area contributed by atoms with E-state index in [9.17, 15) is 4.79 Å². The van der Waals surface area contributed by atoms with E-state index in [1.54, 1.807) is 7.05 Å². The van der Waals surface area contributed by atoms with Crippen LogP contribution in [0.2, 0.25) is 0 Å². The molecule has 8 heteroatoms. The van der Waals surface area contributed by atoms with E-state index in [0.29, 0.717) is 19.0 Å². The standard InChI is InChI=1S/C20H35N5O2S/c1-20(2,3)27-19(26)23-10-9-22-18(21-4)24-14-16-7-11-25(12-8-16)15-17-6-5-13-28-17/h5-6,13,16H,7-12,14-15H2,1-4H3,(H,23,26)(H2,21,22,24). The number of alkyl carbamates (subject to hydrolysis) is 1. The molecule has 0 atom stereocenters. The molecule has 0 spiro atoms. The van der Waals surface area contributed by atoms with Crippen LogP contribution >= 0.6 is 11.3 Å². The van der Waals surface area contributed by atoms with E-state index in [1.165, 1.54) is 17.7 Å². The molecule has 0 unspecified atom stereocenters. The van der Waals surface area contributed by atoms with Crippen molar-refractivity contribution >= 4 is 23.4 Å². The summed E-state index contributed by atoms with van der Waals surface area (Å²) in [6.45, 7) is 10.9. The Morgan fingerprint density at radius 3 is 2.57 bits per heavy atom. The number of aliphatic imine (C=N–C) groups is 1. The van der Waals surface area contributed by atoms with Gasteiger partial charge in [0.05, 0.1) is 0 Å². The lowest BCUT2D eigenvalue weighted by Gasteiger charge is -2.32. The second-order valence-corrected chi connectivity index (χ2v) is 9.14. The van der Waals surface area contributed by atoms with Crippen LogP contribution in [0, 0.1) is 5.92 Å². The first-order valence-electron chi connectivity index (χ1n) is 10.0. The molecular formula is C20H35N5O2S. The predicted molar refractivity (Wildman–Crippen MR) is 116 cm³/mol.